The smallest absolute Gasteiger partial charge is 0.255 e. The first-order chi connectivity index (χ1) is 19.4. The Hall–Kier alpha value is -3.68. The Morgan fingerprint density at radius 1 is 0.900 bits per heavy atom. The lowest BCUT2D eigenvalue weighted by molar-refractivity contribution is -0.136. The number of amides is 3. The van der Waals surface area contributed by atoms with E-state index in [-0.39, 0.29) is 24.3 Å². The van der Waals surface area contributed by atoms with E-state index in [1.165, 1.54) is 16.7 Å². The molecule has 0 aliphatic carbocycles. The molecule has 3 amide bonds. The van der Waals surface area contributed by atoms with Gasteiger partial charge in [0.25, 0.3) is 5.91 Å². The van der Waals surface area contributed by atoms with E-state index in [1.807, 2.05) is 24.3 Å². The number of imide groups is 1. The molecule has 0 saturated carbocycles. The predicted octanol–water partition coefficient (Wildman–Crippen LogP) is 5.20. The van der Waals surface area contributed by atoms with E-state index >= 15 is 0 Å². The first kappa shape index (κ1) is 26.5. The predicted molar refractivity (Wildman–Crippen MR) is 153 cm³/mol. The Balaban J connectivity index is 1.08. The van der Waals surface area contributed by atoms with E-state index in [9.17, 15) is 14.4 Å². The third-order valence-electron chi connectivity index (χ3n) is 8.13. The lowest BCUT2D eigenvalue weighted by Gasteiger charge is -2.29. The van der Waals surface area contributed by atoms with E-state index in [0.29, 0.717) is 18.5 Å². The Kier molecular flexibility index (Phi) is 7.59. The molecule has 0 radical (unpaired) electrons. The van der Waals surface area contributed by atoms with E-state index in [1.54, 1.807) is 11.0 Å². The van der Waals surface area contributed by atoms with E-state index in [0.717, 1.165) is 55.2 Å². The lowest BCUT2D eigenvalue weighted by Crippen LogP contribution is -2.52. The number of hydrogen-bond donors (Lipinski definition) is 1. The molecule has 40 heavy (non-hydrogen) atoms. The zero-order valence-electron chi connectivity index (χ0n) is 22.3. The van der Waals surface area contributed by atoms with Crippen LogP contribution in [-0.4, -0.2) is 52.8 Å². The summed E-state index contributed by atoms with van der Waals surface area (Å²) in [6.07, 6.45) is 3.63. The van der Waals surface area contributed by atoms with Gasteiger partial charge in [-0.15, -0.1) is 0 Å². The third kappa shape index (κ3) is 5.62. The van der Waals surface area contributed by atoms with Crippen LogP contribution in [0.3, 0.4) is 0 Å². The molecule has 2 atom stereocenters. The second kappa shape index (κ2) is 11.4. The molecule has 0 aromatic heterocycles. The first-order valence-corrected chi connectivity index (χ1v) is 14.3. The molecule has 3 heterocycles. The highest BCUT2D eigenvalue weighted by Gasteiger charge is 2.39. The Morgan fingerprint density at radius 3 is 2.55 bits per heavy atom. The fraction of sp³-hybridized carbons (Fsp3) is 0.344. The number of carbonyl (C=O) groups excluding carboxylic acids is 3. The second-order valence-electron chi connectivity index (χ2n) is 10.8. The fourth-order valence-electron chi connectivity index (χ4n) is 6.03. The van der Waals surface area contributed by atoms with Crippen molar-refractivity contribution in [1.82, 2.24) is 15.1 Å². The Morgan fingerprint density at radius 2 is 1.73 bits per heavy atom. The van der Waals surface area contributed by atoms with Gasteiger partial charge in [-0.25, -0.2) is 0 Å². The Labute approximate surface area is 239 Å². The number of benzene rings is 3. The molecule has 3 aliphatic heterocycles. The summed E-state index contributed by atoms with van der Waals surface area (Å²) in [7, 11) is 0. The Bertz CT molecular complexity index is 1440. The van der Waals surface area contributed by atoms with Crippen LogP contribution in [0.1, 0.15) is 53.6 Å². The minimum atomic E-state index is -0.611. The standard InChI is InChI=1S/C32H32ClN3O4/c33-24-9-7-21(8-10-24)27-6-2-1-4-22(27)19-35-16-3-5-25(15-17-35)40-26-11-12-28-23(18-26)20-36(32(28)39)29-13-14-30(37)34-31(29)38/h1-2,4,6-12,18,25,29H,3,5,13-17,19-20H2,(H,34,37,38). The highest BCUT2D eigenvalue weighted by atomic mass is 35.5. The van der Waals surface area contributed by atoms with Gasteiger partial charge in [0.15, 0.2) is 0 Å². The van der Waals surface area contributed by atoms with Crippen molar-refractivity contribution in [2.45, 2.75) is 57.3 Å². The minimum Gasteiger partial charge on any atom is -0.490 e. The molecule has 2 unspecified atom stereocenters. The molecule has 3 aromatic rings. The monoisotopic (exact) mass is 557 g/mol. The largest absolute Gasteiger partial charge is 0.490 e. The first-order valence-electron chi connectivity index (χ1n) is 13.9. The van der Waals surface area contributed by atoms with Crippen LogP contribution in [0.25, 0.3) is 11.1 Å². The quantitative estimate of drug-likeness (QED) is 0.421. The molecule has 3 aliphatic rings. The topological polar surface area (TPSA) is 79.0 Å². The number of likely N-dealkylation sites (tertiary alicyclic amines) is 1. The molecular formula is C32H32ClN3O4. The maximum absolute atomic E-state index is 13.0. The number of hydrogen-bond acceptors (Lipinski definition) is 5. The van der Waals surface area contributed by atoms with Crippen LogP contribution >= 0.6 is 11.6 Å². The van der Waals surface area contributed by atoms with Gasteiger partial charge >= 0.3 is 0 Å². The summed E-state index contributed by atoms with van der Waals surface area (Å²) in [4.78, 5) is 40.9. The van der Waals surface area contributed by atoms with Crippen LogP contribution < -0.4 is 10.1 Å². The van der Waals surface area contributed by atoms with Gasteiger partial charge in [-0.05, 0) is 84.8 Å². The molecule has 2 fully saturated rings. The van der Waals surface area contributed by atoms with E-state index < -0.39 is 11.9 Å². The van der Waals surface area contributed by atoms with Gasteiger partial charge in [0.05, 0.1) is 6.10 Å². The molecular weight excluding hydrogens is 526 g/mol. The maximum Gasteiger partial charge on any atom is 0.255 e. The highest BCUT2D eigenvalue weighted by Crippen LogP contribution is 2.32. The van der Waals surface area contributed by atoms with Gasteiger partial charge in [-0.1, -0.05) is 48.0 Å². The number of carbonyl (C=O) groups is 3. The molecule has 1 N–H and O–H groups in total. The van der Waals surface area contributed by atoms with Crippen molar-refractivity contribution in [2.75, 3.05) is 13.1 Å². The summed E-state index contributed by atoms with van der Waals surface area (Å²) in [6.45, 7) is 3.17. The van der Waals surface area contributed by atoms with Gasteiger partial charge in [0, 0.05) is 36.6 Å². The molecule has 0 spiro atoms. The van der Waals surface area contributed by atoms with Crippen molar-refractivity contribution in [3.8, 4) is 16.9 Å². The van der Waals surface area contributed by atoms with Gasteiger partial charge in [-0.3, -0.25) is 24.6 Å². The number of nitrogens with zero attached hydrogens (tertiary/aromatic N) is 2. The van der Waals surface area contributed by atoms with Crippen LogP contribution in [0.15, 0.2) is 66.7 Å². The van der Waals surface area contributed by atoms with Crippen LogP contribution in [-0.2, 0) is 22.7 Å². The van der Waals surface area contributed by atoms with Crippen molar-refractivity contribution in [2.24, 2.45) is 0 Å². The summed E-state index contributed by atoms with van der Waals surface area (Å²) in [6, 6.07) is 21.5. The molecule has 0 bridgehead atoms. The van der Waals surface area contributed by atoms with Gasteiger partial charge in [0.2, 0.25) is 11.8 Å². The summed E-state index contributed by atoms with van der Waals surface area (Å²) < 4.78 is 6.42. The second-order valence-corrected chi connectivity index (χ2v) is 11.3. The molecule has 8 heteroatoms. The molecule has 7 nitrogen and oxygen atoms in total. The SMILES string of the molecule is O=C1CCC(N2Cc3cc(OC4CCCN(Cc5ccccc5-c5ccc(Cl)cc5)CC4)ccc3C2=O)C(=O)N1. The lowest BCUT2D eigenvalue weighted by atomic mass is 9.99. The van der Waals surface area contributed by atoms with E-state index in [2.05, 4.69) is 46.6 Å². The average Bonchev–Trinajstić information content (AvgIpc) is 3.11. The number of piperidine rings is 1. The van der Waals surface area contributed by atoms with Gasteiger partial charge < -0.3 is 9.64 Å². The summed E-state index contributed by atoms with van der Waals surface area (Å²) in [5, 5.41) is 3.09. The summed E-state index contributed by atoms with van der Waals surface area (Å²) in [5.41, 5.74) is 5.16. The summed E-state index contributed by atoms with van der Waals surface area (Å²) in [5.74, 6) is -0.0928. The van der Waals surface area contributed by atoms with Gasteiger partial charge in [-0.2, -0.15) is 0 Å². The minimum absolute atomic E-state index is 0.0953. The molecule has 2 saturated heterocycles. The van der Waals surface area contributed by atoms with Crippen molar-refractivity contribution in [3.63, 3.8) is 0 Å². The summed E-state index contributed by atoms with van der Waals surface area (Å²) >= 11 is 6.10. The average molecular weight is 558 g/mol. The number of halogens is 1. The van der Waals surface area contributed by atoms with Crippen LogP contribution in [0, 0.1) is 0 Å². The maximum atomic E-state index is 13.0. The number of fused-ring (bicyclic) bond motifs is 1. The normalized spacial score (nSPS) is 21.6. The number of rotatable bonds is 6. The van der Waals surface area contributed by atoms with Crippen molar-refractivity contribution >= 4 is 29.3 Å². The van der Waals surface area contributed by atoms with Crippen molar-refractivity contribution < 1.29 is 19.1 Å². The molecule has 3 aromatic carbocycles. The highest BCUT2D eigenvalue weighted by molar-refractivity contribution is 6.30. The van der Waals surface area contributed by atoms with Crippen LogP contribution in [0.2, 0.25) is 5.02 Å². The zero-order chi connectivity index (χ0) is 27.6. The van der Waals surface area contributed by atoms with Crippen molar-refractivity contribution in [1.29, 1.82) is 0 Å². The fourth-order valence-corrected chi connectivity index (χ4v) is 6.15. The van der Waals surface area contributed by atoms with E-state index in [4.69, 9.17) is 16.3 Å². The molecule has 206 valence electrons. The number of ether oxygens (including phenoxy) is 1. The van der Waals surface area contributed by atoms with Crippen molar-refractivity contribution in [3.05, 3.63) is 88.4 Å². The third-order valence-corrected chi connectivity index (χ3v) is 8.38. The van der Waals surface area contributed by atoms with Crippen LogP contribution in [0.5, 0.6) is 5.75 Å². The van der Waals surface area contributed by atoms with Gasteiger partial charge in [0.1, 0.15) is 11.8 Å². The van der Waals surface area contributed by atoms with Crippen LogP contribution in [0.4, 0.5) is 0 Å². The number of nitrogens with one attached hydrogen (secondary N) is 1. The molecule has 6 rings (SSSR count). The zero-order valence-corrected chi connectivity index (χ0v) is 23.0.